The van der Waals surface area contributed by atoms with Crippen LogP contribution >= 0.6 is 0 Å². The molecule has 1 fully saturated rings. The Labute approximate surface area is 191 Å². The Morgan fingerprint density at radius 2 is 1.58 bits per heavy atom. The zero-order valence-electron chi connectivity index (χ0n) is 18.3. The van der Waals surface area contributed by atoms with Crippen molar-refractivity contribution >= 4 is 11.9 Å². The number of benzene rings is 3. The highest BCUT2D eigenvalue weighted by Gasteiger charge is 2.54. The Morgan fingerprint density at radius 3 is 2.27 bits per heavy atom. The molecule has 0 unspecified atom stereocenters. The minimum absolute atomic E-state index is 0.121. The van der Waals surface area contributed by atoms with Crippen molar-refractivity contribution in [1.29, 1.82) is 0 Å². The van der Waals surface area contributed by atoms with Gasteiger partial charge in [-0.25, -0.2) is 4.79 Å². The van der Waals surface area contributed by atoms with Gasteiger partial charge >= 0.3 is 6.03 Å². The van der Waals surface area contributed by atoms with Crippen molar-refractivity contribution in [3.05, 3.63) is 107 Å². The monoisotopic (exact) mass is 438 g/mol. The number of carbonyl (C=O) groups is 2. The van der Waals surface area contributed by atoms with Crippen LogP contribution in [-0.4, -0.2) is 27.0 Å². The van der Waals surface area contributed by atoms with Gasteiger partial charge in [-0.05, 0) is 36.1 Å². The average molecular weight is 438 g/mol. The molecule has 0 radical (unpaired) electrons. The fourth-order valence-electron chi connectivity index (χ4n) is 4.10. The summed E-state index contributed by atoms with van der Waals surface area (Å²) in [5, 5.41) is 6.95. The molecular formula is C26H22N4O3. The van der Waals surface area contributed by atoms with Crippen molar-refractivity contribution in [1.82, 2.24) is 20.4 Å². The standard InChI is InChI=1S/C26H22N4O3/c1-17-13-14-21(15-18(17)2)26(20-11-7-4-8-12-20)24(31)30(25(32)28-26)16-22-27-23(29-33-22)19-9-5-3-6-10-19/h3-15H,16H2,1-2H3,(H,28,32)/t26-/m1/s1. The number of nitrogens with zero attached hydrogens (tertiary/aromatic N) is 3. The van der Waals surface area contributed by atoms with E-state index in [1.165, 1.54) is 0 Å². The summed E-state index contributed by atoms with van der Waals surface area (Å²) in [7, 11) is 0. The molecule has 1 atom stereocenters. The molecule has 0 bridgehead atoms. The van der Waals surface area contributed by atoms with Gasteiger partial charge in [0.05, 0.1) is 0 Å². The van der Waals surface area contributed by atoms with Crippen LogP contribution in [0.1, 0.15) is 28.1 Å². The van der Waals surface area contributed by atoms with E-state index in [4.69, 9.17) is 4.52 Å². The van der Waals surface area contributed by atoms with Gasteiger partial charge in [-0.15, -0.1) is 0 Å². The second-order valence-corrected chi connectivity index (χ2v) is 8.11. The summed E-state index contributed by atoms with van der Waals surface area (Å²) in [6.07, 6.45) is 0. The zero-order chi connectivity index (χ0) is 23.0. The van der Waals surface area contributed by atoms with Gasteiger partial charge < -0.3 is 9.84 Å². The largest absolute Gasteiger partial charge is 0.337 e. The molecule has 3 aromatic carbocycles. The molecular weight excluding hydrogens is 416 g/mol. The highest BCUT2D eigenvalue weighted by atomic mass is 16.5. The van der Waals surface area contributed by atoms with Gasteiger partial charge in [-0.1, -0.05) is 84.0 Å². The molecule has 1 aromatic heterocycles. The number of aromatic nitrogens is 2. The number of rotatable bonds is 5. The normalized spacial score (nSPS) is 17.9. The minimum Gasteiger partial charge on any atom is -0.337 e. The van der Waals surface area contributed by atoms with Gasteiger partial charge in [-0.2, -0.15) is 4.98 Å². The van der Waals surface area contributed by atoms with Crippen molar-refractivity contribution in [2.75, 3.05) is 0 Å². The summed E-state index contributed by atoms with van der Waals surface area (Å²) in [5.74, 6) is 0.198. The summed E-state index contributed by atoms with van der Waals surface area (Å²) in [4.78, 5) is 32.5. The third kappa shape index (κ3) is 3.47. The van der Waals surface area contributed by atoms with Gasteiger partial charge in [0, 0.05) is 5.56 Å². The molecule has 0 aliphatic carbocycles. The Hall–Kier alpha value is -4.26. The van der Waals surface area contributed by atoms with Crippen LogP contribution < -0.4 is 5.32 Å². The fourth-order valence-corrected chi connectivity index (χ4v) is 4.10. The topological polar surface area (TPSA) is 88.3 Å². The molecule has 7 nitrogen and oxygen atoms in total. The molecule has 0 saturated carbocycles. The number of imide groups is 1. The zero-order valence-corrected chi connectivity index (χ0v) is 18.3. The SMILES string of the molecule is Cc1ccc([C@@]2(c3ccccc3)NC(=O)N(Cc3nc(-c4ccccc4)no3)C2=O)cc1C. The fraction of sp³-hybridized carbons (Fsp3) is 0.154. The summed E-state index contributed by atoms with van der Waals surface area (Å²) in [5.41, 5.74) is 2.98. The third-order valence-corrected chi connectivity index (χ3v) is 6.05. The molecule has 1 N–H and O–H groups in total. The Kier molecular flexibility index (Phi) is 5.01. The lowest BCUT2D eigenvalue weighted by Gasteiger charge is -2.28. The third-order valence-electron chi connectivity index (χ3n) is 6.05. The lowest BCUT2D eigenvalue weighted by atomic mass is 9.81. The molecule has 4 aromatic rings. The van der Waals surface area contributed by atoms with E-state index < -0.39 is 11.6 Å². The van der Waals surface area contributed by atoms with Crippen LogP contribution in [0.2, 0.25) is 0 Å². The predicted molar refractivity (Wildman–Crippen MR) is 122 cm³/mol. The number of nitrogens with one attached hydrogen (secondary N) is 1. The number of hydrogen-bond donors (Lipinski definition) is 1. The molecule has 1 saturated heterocycles. The Bertz CT molecular complexity index is 1330. The van der Waals surface area contributed by atoms with Gasteiger partial charge in [-0.3, -0.25) is 9.69 Å². The van der Waals surface area contributed by atoms with E-state index in [-0.39, 0.29) is 18.3 Å². The summed E-state index contributed by atoms with van der Waals surface area (Å²) < 4.78 is 5.36. The van der Waals surface area contributed by atoms with Gasteiger partial charge in [0.25, 0.3) is 5.91 Å². The summed E-state index contributed by atoms with van der Waals surface area (Å²) in [6, 6.07) is 23.9. The van der Waals surface area contributed by atoms with Crippen molar-refractivity contribution in [3.63, 3.8) is 0 Å². The first-order chi connectivity index (χ1) is 16.0. The quantitative estimate of drug-likeness (QED) is 0.468. The van der Waals surface area contributed by atoms with E-state index in [1.54, 1.807) is 0 Å². The molecule has 5 rings (SSSR count). The van der Waals surface area contributed by atoms with Crippen molar-refractivity contribution < 1.29 is 14.1 Å². The molecule has 3 amide bonds. The first kappa shape index (κ1) is 20.6. The molecule has 33 heavy (non-hydrogen) atoms. The van der Waals surface area contributed by atoms with Crippen LogP contribution in [0.15, 0.2) is 83.4 Å². The summed E-state index contributed by atoms with van der Waals surface area (Å²) in [6.45, 7) is 3.87. The van der Waals surface area contributed by atoms with Crippen LogP contribution in [-0.2, 0) is 16.9 Å². The second kappa shape index (κ2) is 8.02. The number of carbonyl (C=O) groups excluding carboxylic acids is 2. The van der Waals surface area contributed by atoms with Crippen molar-refractivity contribution in [2.45, 2.75) is 25.9 Å². The number of aryl methyl sites for hydroxylation is 2. The number of hydrogen-bond acceptors (Lipinski definition) is 5. The van der Waals surface area contributed by atoms with E-state index in [1.807, 2.05) is 92.7 Å². The molecule has 0 spiro atoms. The highest BCUT2D eigenvalue weighted by Crippen LogP contribution is 2.37. The van der Waals surface area contributed by atoms with Crippen LogP contribution in [0.25, 0.3) is 11.4 Å². The summed E-state index contributed by atoms with van der Waals surface area (Å²) >= 11 is 0. The average Bonchev–Trinajstić information content (AvgIpc) is 3.41. The van der Waals surface area contributed by atoms with E-state index in [9.17, 15) is 9.59 Å². The van der Waals surface area contributed by atoms with E-state index >= 15 is 0 Å². The second-order valence-electron chi connectivity index (χ2n) is 8.11. The van der Waals surface area contributed by atoms with Gasteiger partial charge in [0.2, 0.25) is 11.7 Å². The van der Waals surface area contributed by atoms with Crippen LogP contribution in [0, 0.1) is 13.8 Å². The Morgan fingerprint density at radius 1 is 0.879 bits per heavy atom. The Balaban J connectivity index is 1.53. The smallest absolute Gasteiger partial charge is 0.326 e. The first-order valence-corrected chi connectivity index (χ1v) is 10.6. The maximum absolute atomic E-state index is 13.9. The first-order valence-electron chi connectivity index (χ1n) is 10.6. The molecule has 7 heteroatoms. The molecule has 1 aliphatic heterocycles. The van der Waals surface area contributed by atoms with Crippen LogP contribution in [0.4, 0.5) is 4.79 Å². The minimum atomic E-state index is -1.33. The van der Waals surface area contributed by atoms with Crippen LogP contribution in [0.3, 0.4) is 0 Å². The maximum Gasteiger partial charge on any atom is 0.326 e. The number of urea groups is 1. The number of amides is 3. The highest BCUT2D eigenvalue weighted by molar-refractivity contribution is 6.09. The van der Waals surface area contributed by atoms with Gasteiger partial charge in [0.15, 0.2) is 5.54 Å². The molecule has 2 heterocycles. The van der Waals surface area contributed by atoms with Crippen LogP contribution in [0.5, 0.6) is 0 Å². The molecule has 164 valence electrons. The van der Waals surface area contributed by atoms with Crippen molar-refractivity contribution in [3.8, 4) is 11.4 Å². The van der Waals surface area contributed by atoms with E-state index in [2.05, 4.69) is 15.5 Å². The van der Waals surface area contributed by atoms with Crippen molar-refractivity contribution in [2.24, 2.45) is 0 Å². The lowest BCUT2D eigenvalue weighted by Crippen LogP contribution is -2.45. The lowest BCUT2D eigenvalue weighted by molar-refractivity contribution is -0.130. The van der Waals surface area contributed by atoms with E-state index in [0.717, 1.165) is 21.6 Å². The predicted octanol–water partition coefficient (Wildman–Crippen LogP) is 4.35. The van der Waals surface area contributed by atoms with Gasteiger partial charge in [0.1, 0.15) is 6.54 Å². The maximum atomic E-state index is 13.9. The van der Waals surface area contributed by atoms with E-state index in [0.29, 0.717) is 17.0 Å². The molecule has 1 aliphatic rings.